The molecule has 0 fully saturated rings. The van der Waals surface area contributed by atoms with Gasteiger partial charge in [-0.15, -0.1) is 48.5 Å². The van der Waals surface area contributed by atoms with Gasteiger partial charge in [-0.1, -0.05) is 83.9 Å². The summed E-state index contributed by atoms with van der Waals surface area (Å²) in [6.45, 7) is 0. The van der Waals surface area contributed by atoms with Gasteiger partial charge in [-0.3, -0.25) is 34.3 Å². The van der Waals surface area contributed by atoms with Crippen LogP contribution in [0, 0.1) is 0 Å². The topological polar surface area (TPSA) is 187 Å². The number of rotatable bonds is 16. The minimum atomic E-state index is -4.79. The van der Waals surface area contributed by atoms with E-state index in [-0.39, 0.29) is 17.5 Å². The van der Waals surface area contributed by atoms with Gasteiger partial charge < -0.3 is 20.7 Å². The quantitative estimate of drug-likeness (QED) is 0.0776. The molecule has 14 nitrogen and oxygen atoms in total. The van der Waals surface area contributed by atoms with Gasteiger partial charge in [0.2, 0.25) is 0 Å². The first-order chi connectivity index (χ1) is 38.8. The summed E-state index contributed by atoms with van der Waals surface area (Å²) in [6, 6.07) is 41.8. The molecule has 0 aliphatic heterocycles. The van der Waals surface area contributed by atoms with Crippen LogP contribution in [0.5, 0.6) is 5.75 Å². The highest BCUT2D eigenvalue weighted by Gasteiger charge is 2.31. The van der Waals surface area contributed by atoms with Crippen molar-refractivity contribution in [3.8, 4) is 5.75 Å². The number of para-hydroxylation sites is 1. The third-order valence-electron chi connectivity index (χ3n) is 10.6. The van der Waals surface area contributed by atoms with E-state index in [1.807, 2.05) is 72.8 Å². The average Bonchev–Trinajstić information content (AvgIpc) is 3.47. The van der Waals surface area contributed by atoms with E-state index in [1.54, 1.807) is 134 Å². The molecular weight excluding hydrogens is 1120 g/mol. The summed E-state index contributed by atoms with van der Waals surface area (Å²) in [6.07, 6.45) is 11.8. The Kier molecular flexibility index (Phi) is 20.9. The molecular formula is C58H43Cl2F3N10O4S3. The molecule has 22 heteroatoms. The molecule has 0 spiro atoms. The smallest absolute Gasteiger partial charge is 0.406 e. The van der Waals surface area contributed by atoms with Crippen LogP contribution in [-0.4, -0.2) is 59.0 Å². The first-order valence-corrected chi connectivity index (χ1v) is 27.5. The molecule has 0 bridgehead atoms. The van der Waals surface area contributed by atoms with E-state index >= 15 is 0 Å². The van der Waals surface area contributed by atoms with Crippen LogP contribution < -0.4 is 20.7 Å². The average molecular weight is 1170 g/mol. The predicted octanol–water partition coefficient (Wildman–Crippen LogP) is 14.8. The van der Waals surface area contributed by atoms with Crippen LogP contribution in [0.25, 0.3) is 10.9 Å². The molecule has 0 atom stereocenters. The molecule has 0 aliphatic carbocycles. The van der Waals surface area contributed by atoms with Crippen LogP contribution in [0.1, 0.15) is 47.8 Å². The highest BCUT2D eigenvalue weighted by molar-refractivity contribution is 7.98. The van der Waals surface area contributed by atoms with Gasteiger partial charge in [0.15, 0.2) is 0 Å². The zero-order chi connectivity index (χ0) is 56.1. The summed E-state index contributed by atoms with van der Waals surface area (Å²) in [5.41, 5.74) is 6.87. The van der Waals surface area contributed by atoms with Crippen LogP contribution in [-0.2, 0) is 17.3 Å². The van der Waals surface area contributed by atoms with E-state index in [4.69, 9.17) is 23.2 Å². The van der Waals surface area contributed by atoms with Crippen molar-refractivity contribution in [3.05, 3.63) is 251 Å². The van der Waals surface area contributed by atoms with Crippen molar-refractivity contribution in [2.24, 2.45) is 0 Å². The lowest BCUT2D eigenvalue weighted by Gasteiger charge is -2.11. The molecule has 0 aliphatic rings. The van der Waals surface area contributed by atoms with Gasteiger partial charge in [-0.2, -0.15) is 0 Å². The van der Waals surface area contributed by atoms with Crippen molar-refractivity contribution in [3.63, 3.8) is 0 Å². The number of aromatic nitrogens is 7. The number of carbonyl (C=O) groups excluding carboxylic acids is 3. The lowest BCUT2D eigenvalue weighted by Crippen LogP contribution is -2.17. The predicted molar refractivity (Wildman–Crippen MR) is 309 cm³/mol. The SMILES string of the molecule is O=C(Nc1cc(Cl)cc(Cl)c1)c1cccc(CSc2cnccn2)c1.O=C(Nc1cccc(OC(F)(F)F)c1)c1cccc(CSc2cnccn2)c1.O=C(Nc1cnc2ccccc2c1)c1cccc(CSc2cnccn2)c1. The van der Waals surface area contributed by atoms with Crippen molar-refractivity contribution in [2.75, 3.05) is 16.0 Å². The molecule has 4 heterocycles. The first kappa shape index (κ1) is 57.8. The number of alkyl halides is 3. The summed E-state index contributed by atoms with van der Waals surface area (Å²) < 4.78 is 40.8. The lowest BCUT2D eigenvalue weighted by atomic mass is 10.1. The number of nitrogens with zero attached hydrogens (tertiary/aromatic N) is 7. The van der Waals surface area contributed by atoms with Gasteiger partial charge in [0.1, 0.15) is 20.8 Å². The molecule has 0 unspecified atom stereocenters. The maximum Gasteiger partial charge on any atom is 0.573 e. The maximum absolute atomic E-state index is 12.6. The fourth-order valence-electron chi connectivity index (χ4n) is 7.10. The standard InChI is InChI=1S/C21H16N4OS.C19H14F3N3O2S.C18H13Cl2N3OS/c26-21(25-18-11-16-5-1-2-7-19(16)24-12-18)17-6-3-4-15(10-17)14-27-20-13-22-8-9-23-20;20-19(21,22)27-16-6-2-5-15(10-16)25-18(26)14-4-1-3-13(9-14)12-28-17-11-23-7-8-24-17;19-14-7-15(20)9-16(8-14)23-18(24)13-3-1-2-12(6-13)11-25-17-10-21-4-5-22-17/h1-13H,14H2,(H,25,26);1-11H,12H2,(H,25,26);1-10H,11H2,(H,23,24). The molecule has 0 saturated heterocycles. The number of hydrogen-bond acceptors (Lipinski definition) is 14. The third kappa shape index (κ3) is 18.9. The molecule has 0 saturated carbocycles. The number of benzene rings is 6. The number of pyridine rings is 1. The van der Waals surface area contributed by atoms with E-state index in [9.17, 15) is 27.6 Å². The van der Waals surface area contributed by atoms with Gasteiger partial charge in [0.05, 0.1) is 36.0 Å². The minimum absolute atomic E-state index is 0.154. The molecule has 0 radical (unpaired) electrons. The maximum atomic E-state index is 12.6. The van der Waals surface area contributed by atoms with Crippen LogP contribution in [0.15, 0.2) is 223 Å². The molecule has 402 valence electrons. The molecule has 4 aromatic heterocycles. The van der Waals surface area contributed by atoms with E-state index in [2.05, 4.69) is 55.6 Å². The number of nitrogens with one attached hydrogen (secondary N) is 3. The van der Waals surface area contributed by atoms with Crippen LogP contribution in [0.4, 0.5) is 30.2 Å². The van der Waals surface area contributed by atoms with Gasteiger partial charge in [-0.05, 0) is 95.6 Å². The summed E-state index contributed by atoms with van der Waals surface area (Å²) in [5.74, 6) is 0.799. The second kappa shape index (κ2) is 29.0. The highest BCUT2D eigenvalue weighted by Crippen LogP contribution is 2.28. The Bertz CT molecular complexity index is 3680. The fraction of sp³-hybridized carbons (Fsp3) is 0.0690. The number of amides is 3. The highest BCUT2D eigenvalue weighted by atomic mass is 35.5. The lowest BCUT2D eigenvalue weighted by molar-refractivity contribution is -0.274. The van der Waals surface area contributed by atoms with Gasteiger partial charge in [0, 0.05) is 104 Å². The summed E-state index contributed by atoms with van der Waals surface area (Å²) in [4.78, 5) is 66.6. The zero-order valence-corrected chi connectivity index (χ0v) is 45.6. The van der Waals surface area contributed by atoms with Crippen molar-refractivity contribution in [1.82, 2.24) is 34.9 Å². The van der Waals surface area contributed by atoms with Gasteiger partial charge in [-0.25, -0.2) is 15.0 Å². The Morgan fingerprint density at radius 1 is 0.450 bits per heavy atom. The van der Waals surface area contributed by atoms with E-state index in [0.717, 1.165) is 60.6 Å². The van der Waals surface area contributed by atoms with Crippen molar-refractivity contribution >= 4 is 104 Å². The minimum Gasteiger partial charge on any atom is -0.406 e. The number of anilines is 3. The van der Waals surface area contributed by atoms with Crippen molar-refractivity contribution in [1.29, 1.82) is 0 Å². The zero-order valence-electron chi connectivity index (χ0n) is 41.6. The summed E-state index contributed by atoms with van der Waals surface area (Å²) in [5, 5.41) is 12.7. The molecule has 80 heavy (non-hydrogen) atoms. The second-order valence-corrected chi connectivity index (χ2v) is 20.5. The van der Waals surface area contributed by atoms with Crippen LogP contribution in [0.2, 0.25) is 10.0 Å². The Labute approximate surface area is 479 Å². The Balaban J connectivity index is 0.000000158. The Hall–Kier alpha value is -8.40. The van der Waals surface area contributed by atoms with E-state index < -0.39 is 18.0 Å². The summed E-state index contributed by atoms with van der Waals surface area (Å²) in [7, 11) is 0. The molecule has 3 N–H and O–H groups in total. The number of carbonyl (C=O) groups is 3. The van der Waals surface area contributed by atoms with Crippen molar-refractivity contribution < 1.29 is 32.3 Å². The summed E-state index contributed by atoms with van der Waals surface area (Å²) >= 11 is 16.5. The molecule has 10 aromatic rings. The van der Waals surface area contributed by atoms with Gasteiger partial charge in [0.25, 0.3) is 17.7 Å². The number of ether oxygens (including phenoxy) is 1. The largest absolute Gasteiger partial charge is 0.573 e. The Morgan fingerprint density at radius 2 is 0.900 bits per heavy atom. The number of fused-ring (bicyclic) bond motifs is 1. The van der Waals surface area contributed by atoms with E-state index in [1.165, 1.54) is 23.9 Å². The van der Waals surface area contributed by atoms with Crippen LogP contribution in [0.3, 0.4) is 0 Å². The number of thioether (sulfide) groups is 3. The normalized spacial score (nSPS) is 10.8. The number of hydrogen-bond donors (Lipinski definition) is 3. The molecule has 6 aromatic carbocycles. The van der Waals surface area contributed by atoms with Gasteiger partial charge >= 0.3 is 6.36 Å². The van der Waals surface area contributed by atoms with E-state index in [0.29, 0.717) is 49.6 Å². The third-order valence-corrected chi connectivity index (χ3v) is 14.0. The second-order valence-electron chi connectivity index (χ2n) is 16.6. The van der Waals surface area contributed by atoms with Crippen LogP contribution >= 0.6 is 58.5 Å². The fourth-order valence-corrected chi connectivity index (χ4v) is 9.93. The number of halogens is 5. The van der Waals surface area contributed by atoms with Crippen molar-refractivity contribution in [2.45, 2.75) is 38.7 Å². The Morgan fingerprint density at radius 3 is 1.36 bits per heavy atom. The monoisotopic (exact) mass is 1170 g/mol. The first-order valence-electron chi connectivity index (χ1n) is 23.8. The molecule has 3 amide bonds. The molecule has 10 rings (SSSR count).